The smallest absolute Gasteiger partial charge is 0.142 e. The van der Waals surface area contributed by atoms with E-state index in [0.29, 0.717) is 19.8 Å². The number of nitrogens with one attached hydrogen (secondary N) is 1. The summed E-state index contributed by atoms with van der Waals surface area (Å²) >= 11 is 5.73. The van der Waals surface area contributed by atoms with Gasteiger partial charge in [-0.1, -0.05) is 17.7 Å². The molecule has 0 radical (unpaired) electrons. The number of aromatic amines is 1. The molecule has 1 aromatic carbocycles. The summed E-state index contributed by atoms with van der Waals surface area (Å²) in [5.41, 5.74) is 1.92. The average Bonchev–Trinajstić information content (AvgIpc) is 2.90. The third kappa shape index (κ3) is 3.26. The van der Waals surface area contributed by atoms with Gasteiger partial charge >= 0.3 is 0 Å². The molecule has 1 aliphatic rings. The Balaban J connectivity index is 1.79. The van der Waals surface area contributed by atoms with Crippen LogP contribution in [0.25, 0.3) is 0 Å². The molecule has 6 heteroatoms. The van der Waals surface area contributed by atoms with Crippen molar-refractivity contribution in [3.05, 3.63) is 52.3 Å². The number of H-pyrrole nitrogens is 1. The molecule has 2 heterocycles. The Bertz CT molecular complexity index is 631. The zero-order valence-electron chi connectivity index (χ0n) is 11.8. The van der Waals surface area contributed by atoms with Gasteiger partial charge in [-0.15, -0.1) is 0 Å². The molecule has 1 aromatic heterocycles. The lowest BCUT2D eigenvalue weighted by Crippen LogP contribution is -2.39. The molecule has 0 aliphatic carbocycles. The van der Waals surface area contributed by atoms with Crippen molar-refractivity contribution < 1.29 is 9.13 Å². The van der Waals surface area contributed by atoms with Crippen molar-refractivity contribution in [3.63, 3.8) is 0 Å². The Morgan fingerprint density at radius 1 is 1.52 bits per heavy atom. The zero-order valence-corrected chi connectivity index (χ0v) is 12.5. The predicted octanol–water partition coefficient (Wildman–Crippen LogP) is 3.08. The maximum absolute atomic E-state index is 13.6. The summed E-state index contributed by atoms with van der Waals surface area (Å²) in [4.78, 5) is 9.89. The Morgan fingerprint density at radius 3 is 3.10 bits per heavy atom. The van der Waals surface area contributed by atoms with E-state index in [0.717, 1.165) is 23.6 Å². The summed E-state index contributed by atoms with van der Waals surface area (Å²) in [6.45, 7) is 4.66. The van der Waals surface area contributed by atoms with Gasteiger partial charge in [-0.25, -0.2) is 9.37 Å². The molecule has 0 spiro atoms. The van der Waals surface area contributed by atoms with E-state index in [1.165, 1.54) is 6.07 Å². The number of benzene rings is 1. The molecule has 1 N–H and O–H groups in total. The number of rotatable bonds is 3. The van der Waals surface area contributed by atoms with Crippen LogP contribution in [0.2, 0.25) is 5.02 Å². The van der Waals surface area contributed by atoms with E-state index in [1.807, 2.05) is 19.2 Å². The molecule has 0 unspecified atom stereocenters. The lowest BCUT2D eigenvalue weighted by atomic mass is 10.1. The second kappa shape index (κ2) is 6.13. The number of halogens is 2. The van der Waals surface area contributed by atoms with Crippen LogP contribution in [0.15, 0.2) is 24.4 Å². The second-order valence-electron chi connectivity index (χ2n) is 5.26. The van der Waals surface area contributed by atoms with Gasteiger partial charge in [0.15, 0.2) is 0 Å². The lowest BCUT2D eigenvalue weighted by molar-refractivity contribution is -0.0157. The molecule has 0 amide bonds. The molecule has 0 saturated carbocycles. The van der Waals surface area contributed by atoms with Crippen molar-refractivity contribution >= 4 is 11.6 Å². The molecule has 3 rings (SSSR count). The Morgan fingerprint density at radius 2 is 2.38 bits per heavy atom. The molecule has 1 fully saturated rings. The molecular formula is C15H17ClFN3O. The third-order valence-electron chi connectivity index (χ3n) is 3.65. The second-order valence-corrected chi connectivity index (χ2v) is 5.67. The fourth-order valence-corrected chi connectivity index (χ4v) is 2.67. The molecule has 1 atom stereocenters. The molecule has 112 valence electrons. The summed E-state index contributed by atoms with van der Waals surface area (Å²) in [5, 5.41) is 0.152. The third-order valence-corrected chi connectivity index (χ3v) is 3.95. The van der Waals surface area contributed by atoms with Gasteiger partial charge in [0.2, 0.25) is 0 Å². The maximum atomic E-state index is 13.6. The van der Waals surface area contributed by atoms with Crippen LogP contribution in [0.3, 0.4) is 0 Å². The fraction of sp³-hybridized carbons (Fsp3) is 0.400. The highest BCUT2D eigenvalue weighted by Gasteiger charge is 2.26. The van der Waals surface area contributed by atoms with Crippen LogP contribution < -0.4 is 0 Å². The minimum atomic E-state index is -0.382. The van der Waals surface area contributed by atoms with E-state index in [1.54, 1.807) is 6.07 Å². The van der Waals surface area contributed by atoms with Gasteiger partial charge in [-0.3, -0.25) is 4.90 Å². The van der Waals surface area contributed by atoms with Crippen LogP contribution in [0.4, 0.5) is 4.39 Å². The number of hydrogen-bond donors (Lipinski definition) is 1. The van der Waals surface area contributed by atoms with Crippen molar-refractivity contribution in [2.24, 2.45) is 0 Å². The molecule has 21 heavy (non-hydrogen) atoms. The predicted molar refractivity (Wildman–Crippen MR) is 78.7 cm³/mol. The average molecular weight is 310 g/mol. The normalized spacial score (nSPS) is 19.9. The largest absolute Gasteiger partial charge is 0.378 e. The van der Waals surface area contributed by atoms with Gasteiger partial charge in [0, 0.05) is 25.0 Å². The summed E-state index contributed by atoms with van der Waals surface area (Å²) in [6, 6.07) is 5.00. The zero-order chi connectivity index (χ0) is 14.8. The van der Waals surface area contributed by atoms with E-state index in [2.05, 4.69) is 14.9 Å². The first kappa shape index (κ1) is 14.5. The summed E-state index contributed by atoms with van der Waals surface area (Å²) in [6.07, 6.45) is 1.81. The summed E-state index contributed by atoms with van der Waals surface area (Å²) in [7, 11) is 0. The van der Waals surface area contributed by atoms with Crippen LogP contribution in [0.1, 0.15) is 23.1 Å². The van der Waals surface area contributed by atoms with Crippen molar-refractivity contribution in [2.75, 3.05) is 19.8 Å². The van der Waals surface area contributed by atoms with E-state index in [4.69, 9.17) is 16.3 Å². The molecule has 4 nitrogen and oxygen atoms in total. The molecule has 1 saturated heterocycles. The van der Waals surface area contributed by atoms with Gasteiger partial charge in [0.05, 0.1) is 24.3 Å². The number of nitrogens with zero attached hydrogens (tertiary/aromatic N) is 2. The Kier molecular flexibility index (Phi) is 4.24. The van der Waals surface area contributed by atoms with Crippen molar-refractivity contribution in [1.82, 2.24) is 14.9 Å². The first-order valence-corrected chi connectivity index (χ1v) is 7.28. The molecule has 0 bridgehead atoms. The topological polar surface area (TPSA) is 41.1 Å². The van der Waals surface area contributed by atoms with Crippen LogP contribution in [-0.2, 0) is 11.3 Å². The molecular weight excluding hydrogens is 293 g/mol. The van der Waals surface area contributed by atoms with Gasteiger partial charge in [-0.05, 0) is 24.6 Å². The maximum Gasteiger partial charge on any atom is 0.142 e. The van der Waals surface area contributed by atoms with E-state index < -0.39 is 0 Å². The number of imidazole rings is 1. The van der Waals surface area contributed by atoms with E-state index in [-0.39, 0.29) is 16.9 Å². The van der Waals surface area contributed by atoms with Crippen molar-refractivity contribution in [2.45, 2.75) is 19.5 Å². The van der Waals surface area contributed by atoms with E-state index >= 15 is 0 Å². The summed E-state index contributed by atoms with van der Waals surface area (Å²) in [5.74, 6) is 0.509. The first-order valence-electron chi connectivity index (χ1n) is 6.90. The van der Waals surface area contributed by atoms with Gasteiger partial charge in [0.25, 0.3) is 0 Å². The minimum absolute atomic E-state index is 0.0613. The minimum Gasteiger partial charge on any atom is -0.378 e. The number of aryl methyl sites for hydroxylation is 1. The van der Waals surface area contributed by atoms with Crippen molar-refractivity contribution in [1.29, 1.82) is 0 Å². The Hall–Kier alpha value is -1.43. The monoisotopic (exact) mass is 309 g/mol. The number of morpholine rings is 1. The number of hydrogen-bond acceptors (Lipinski definition) is 3. The summed E-state index contributed by atoms with van der Waals surface area (Å²) < 4.78 is 19.1. The highest BCUT2D eigenvalue weighted by molar-refractivity contribution is 6.30. The standard InChI is InChI=1S/C15H17ClFN3O/c1-10-7-18-15(19-10)14-9-21-5-4-20(14)8-11-2-3-12(16)13(17)6-11/h2-3,6-7,14H,4-5,8-9H2,1H3,(H,18,19)/t14-/m1/s1. The molecule has 2 aromatic rings. The number of ether oxygens (including phenoxy) is 1. The molecule has 1 aliphatic heterocycles. The van der Waals surface area contributed by atoms with Gasteiger partial charge < -0.3 is 9.72 Å². The van der Waals surface area contributed by atoms with Crippen molar-refractivity contribution in [3.8, 4) is 0 Å². The highest BCUT2D eigenvalue weighted by Crippen LogP contribution is 2.25. The van der Waals surface area contributed by atoms with E-state index in [9.17, 15) is 4.39 Å². The first-order chi connectivity index (χ1) is 10.1. The van der Waals surface area contributed by atoms with Gasteiger partial charge in [0.1, 0.15) is 11.6 Å². The van der Waals surface area contributed by atoms with Crippen LogP contribution >= 0.6 is 11.6 Å². The van der Waals surface area contributed by atoms with Crippen LogP contribution in [0, 0.1) is 12.7 Å². The highest BCUT2D eigenvalue weighted by atomic mass is 35.5. The Labute approximate surface area is 127 Å². The lowest BCUT2D eigenvalue weighted by Gasteiger charge is -2.34. The fourth-order valence-electron chi connectivity index (χ4n) is 2.55. The SMILES string of the molecule is Cc1cnc([C@H]2COCCN2Cc2ccc(Cl)c(F)c2)[nH]1. The van der Waals surface area contributed by atoms with Gasteiger partial charge in [-0.2, -0.15) is 0 Å². The quantitative estimate of drug-likeness (QED) is 0.947. The van der Waals surface area contributed by atoms with Crippen LogP contribution in [-0.4, -0.2) is 34.6 Å². The van der Waals surface area contributed by atoms with Crippen LogP contribution in [0.5, 0.6) is 0 Å². The number of aromatic nitrogens is 2.